The van der Waals surface area contributed by atoms with Crippen molar-refractivity contribution in [3.63, 3.8) is 0 Å². The number of rotatable bonds is 4. The maximum atomic E-state index is 13.2. The van der Waals surface area contributed by atoms with Crippen LogP contribution >= 0.6 is 0 Å². The molecule has 1 aromatic carbocycles. The lowest BCUT2D eigenvalue weighted by molar-refractivity contribution is -0.130. The van der Waals surface area contributed by atoms with Crippen LogP contribution in [-0.4, -0.2) is 25.7 Å². The second-order valence-corrected chi connectivity index (χ2v) is 6.21. The normalized spacial score (nSPS) is 21.6. The van der Waals surface area contributed by atoms with Gasteiger partial charge in [-0.3, -0.25) is 4.79 Å². The summed E-state index contributed by atoms with van der Waals surface area (Å²) >= 11 is 0. The molecular formula is C17H22FNO2. The summed E-state index contributed by atoms with van der Waals surface area (Å²) in [6.45, 7) is 1.92. The maximum absolute atomic E-state index is 13.2. The quantitative estimate of drug-likeness (QED) is 0.926. The maximum Gasteiger partial charge on any atom is 0.230 e. The van der Waals surface area contributed by atoms with E-state index in [2.05, 4.69) is 5.32 Å². The van der Waals surface area contributed by atoms with Crippen molar-refractivity contribution in [2.24, 2.45) is 5.92 Å². The van der Waals surface area contributed by atoms with E-state index in [0.717, 1.165) is 12.1 Å². The molecule has 2 aliphatic rings. The Morgan fingerprint density at radius 2 is 1.90 bits per heavy atom. The fourth-order valence-corrected chi connectivity index (χ4v) is 3.24. The zero-order chi connectivity index (χ0) is 14.7. The van der Waals surface area contributed by atoms with Gasteiger partial charge in [0.1, 0.15) is 5.82 Å². The standard InChI is InChI=1S/C17H22FNO2/c18-15-6-4-14(5-7-15)17(8-10-21-11-9-17)16(20)19-12-13-2-1-3-13/h4-7,13H,1-3,8-12H2,(H,19,20). The van der Waals surface area contributed by atoms with Gasteiger partial charge in [-0.25, -0.2) is 4.39 Å². The van der Waals surface area contributed by atoms with Crippen LogP contribution in [0.15, 0.2) is 24.3 Å². The largest absolute Gasteiger partial charge is 0.381 e. The molecule has 114 valence electrons. The lowest BCUT2D eigenvalue weighted by Crippen LogP contribution is -2.49. The predicted molar refractivity (Wildman–Crippen MR) is 78.5 cm³/mol. The highest BCUT2D eigenvalue weighted by atomic mass is 19.1. The van der Waals surface area contributed by atoms with Crippen LogP contribution in [0.4, 0.5) is 4.39 Å². The Morgan fingerprint density at radius 3 is 2.48 bits per heavy atom. The summed E-state index contributed by atoms with van der Waals surface area (Å²) in [6, 6.07) is 6.35. The average Bonchev–Trinajstić information content (AvgIpc) is 2.47. The van der Waals surface area contributed by atoms with Gasteiger partial charge in [-0.05, 0) is 49.3 Å². The summed E-state index contributed by atoms with van der Waals surface area (Å²) in [4.78, 5) is 12.8. The summed E-state index contributed by atoms with van der Waals surface area (Å²) in [5.41, 5.74) is 0.341. The van der Waals surface area contributed by atoms with Gasteiger partial charge >= 0.3 is 0 Å². The number of benzene rings is 1. The summed E-state index contributed by atoms with van der Waals surface area (Å²) in [5, 5.41) is 3.12. The van der Waals surface area contributed by atoms with Crippen LogP contribution in [0.1, 0.15) is 37.7 Å². The van der Waals surface area contributed by atoms with E-state index in [9.17, 15) is 9.18 Å². The second-order valence-electron chi connectivity index (χ2n) is 6.21. The highest BCUT2D eigenvalue weighted by molar-refractivity contribution is 5.88. The molecule has 1 heterocycles. The van der Waals surface area contributed by atoms with Crippen molar-refractivity contribution in [3.05, 3.63) is 35.6 Å². The topological polar surface area (TPSA) is 38.3 Å². The fraction of sp³-hybridized carbons (Fsp3) is 0.588. The molecule has 0 unspecified atom stereocenters. The molecule has 1 amide bonds. The molecular weight excluding hydrogens is 269 g/mol. The van der Waals surface area contributed by atoms with Gasteiger partial charge in [0.05, 0.1) is 5.41 Å². The summed E-state index contributed by atoms with van der Waals surface area (Å²) < 4.78 is 18.6. The van der Waals surface area contributed by atoms with Crippen molar-refractivity contribution in [1.82, 2.24) is 5.32 Å². The van der Waals surface area contributed by atoms with Gasteiger partial charge in [-0.15, -0.1) is 0 Å². The van der Waals surface area contributed by atoms with E-state index in [1.165, 1.54) is 31.4 Å². The fourth-order valence-electron chi connectivity index (χ4n) is 3.24. The molecule has 3 nitrogen and oxygen atoms in total. The molecule has 21 heavy (non-hydrogen) atoms. The van der Waals surface area contributed by atoms with Crippen molar-refractivity contribution in [2.45, 2.75) is 37.5 Å². The van der Waals surface area contributed by atoms with Gasteiger partial charge < -0.3 is 10.1 Å². The first-order valence-electron chi connectivity index (χ1n) is 7.83. The Morgan fingerprint density at radius 1 is 1.24 bits per heavy atom. The zero-order valence-electron chi connectivity index (χ0n) is 12.2. The number of hydrogen-bond acceptors (Lipinski definition) is 2. The lowest BCUT2D eigenvalue weighted by Gasteiger charge is -2.37. The first kappa shape index (κ1) is 14.5. The van der Waals surface area contributed by atoms with Gasteiger partial charge in [0, 0.05) is 19.8 Å². The molecule has 1 aliphatic carbocycles. The van der Waals surface area contributed by atoms with Crippen molar-refractivity contribution in [2.75, 3.05) is 19.8 Å². The Bertz CT molecular complexity index is 490. The molecule has 0 radical (unpaired) electrons. The average molecular weight is 291 g/mol. The smallest absolute Gasteiger partial charge is 0.230 e. The van der Waals surface area contributed by atoms with Gasteiger partial charge in [-0.2, -0.15) is 0 Å². The van der Waals surface area contributed by atoms with E-state index in [-0.39, 0.29) is 11.7 Å². The van der Waals surface area contributed by atoms with Gasteiger partial charge in [0.15, 0.2) is 0 Å². The molecule has 1 saturated carbocycles. The monoisotopic (exact) mass is 291 g/mol. The van der Waals surface area contributed by atoms with Crippen molar-refractivity contribution in [1.29, 1.82) is 0 Å². The number of carbonyl (C=O) groups is 1. The van der Waals surface area contributed by atoms with Crippen molar-refractivity contribution < 1.29 is 13.9 Å². The highest BCUT2D eigenvalue weighted by Crippen LogP contribution is 2.35. The minimum Gasteiger partial charge on any atom is -0.381 e. The third kappa shape index (κ3) is 2.95. The van der Waals surface area contributed by atoms with E-state index in [0.29, 0.717) is 32.0 Å². The molecule has 0 atom stereocenters. The van der Waals surface area contributed by atoms with Crippen LogP contribution in [-0.2, 0) is 14.9 Å². The first-order valence-corrected chi connectivity index (χ1v) is 7.83. The van der Waals surface area contributed by atoms with E-state index in [4.69, 9.17) is 4.74 Å². The van der Waals surface area contributed by atoms with Crippen LogP contribution < -0.4 is 5.32 Å². The first-order chi connectivity index (χ1) is 10.2. The Labute approximate surface area is 124 Å². The number of nitrogens with one attached hydrogen (secondary N) is 1. The Hall–Kier alpha value is -1.42. The molecule has 1 aromatic rings. The number of halogens is 1. The van der Waals surface area contributed by atoms with E-state index < -0.39 is 5.41 Å². The molecule has 4 heteroatoms. The Balaban J connectivity index is 1.78. The van der Waals surface area contributed by atoms with E-state index in [1.54, 1.807) is 12.1 Å². The molecule has 1 aliphatic heterocycles. The molecule has 1 N–H and O–H groups in total. The van der Waals surface area contributed by atoms with Crippen LogP contribution in [0.3, 0.4) is 0 Å². The summed E-state index contributed by atoms with van der Waals surface area (Å²) in [6.07, 6.45) is 5.03. The second kappa shape index (κ2) is 6.14. The summed E-state index contributed by atoms with van der Waals surface area (Å²) in [5.74, 6) is 0.444. The van der Waals surface area contributed by atoms with Crippen LogP contribution in [0, 0.1) is 11.7 Å². The van der Waals surface area contributed by atoms with E-state index in [1.807, 2.05) is 0 Å². The minimum atomic E-state index is -0.560. The molecule has 1 saturated heterocycles. The van der Waals surface area contributed by atoms with E-state index >= 15 is 0 Å². The Kier molecular flexibility index (Phi) is 4.24. The molecule has 0 bridgehead atoms. The third-order valence-electron chi connectivity index (χ3n) is 4.95. The van der Waals surface area contributed by atoms with Gasteiger partial charge in [-0.1, -0.05) is 18.6 Å². The predicted octanol–water partition coefficient (Wildman–Crippen LogP) is 2.79. The number of amides is 1. The third-order valence-corrected chi connectivity index (χ3v) is 4.95. The molecule has 0 aromatic heterocycles. The van der Waals surface area contributed by atoms with Crippen molar-refractivity contribution >= 4 is 5.91 Å². The van der Waals surface area contributed by atoms with Crippen LogP contribution in [0.5, 0.6) is 0 Å². The number of carbonyl (C=O) groups excluding carboxylic acids is 1. The number of ether oxygens (including phenoxy) is 1. The van der Waals surface area contributed by atoms with Crippen molar-refractivity contribution in [3.8, 4) is 0 Å². The molecule has 2 fully saturated rings. The lowest BCUT2D eigenvalue weighted by atomic mass is 9.73. The molecule has 0 spiro atoms. The van der Waals surface area contributed by atoms with Crippen LogP contribution in [0.25, 0.3) is 0 Å². The molecule has 3 rings (SSSR count). The van der Waals surface area contributed by atoms with Gasteiger partial charge in [0.2, 0.25) is 5.91 Å². The SMILES string of the molecule is O=C(NCC1CCC1)C1(c2ccc(F)cc2)CCOCC1. The summed E-state index contributed by atoms with van der Waals surface area (Å²) in [7, 11) is 0. The zero-order valence-corrected chi connectivity index (χ0v) is 12.2. The minimum absolute atomic E-state index is 0.0734. The highest BCUT2D eigenvalue weighted by Gasteiger charge is 2.41. The van der Waals surface area contributed by atoms with Gasteiger partial charge in [0.25, 0.3) is 0 Å². The number of hydrogen-bond donors (Lipinski definition) is 1. The van der Waals surface area contributed by atoms with Crippen LogP contribution in [0.2, 0.25) is 0 Å².